The Labute approximate surface area is 95.2 Å². The molecular formula is C12H17NOS. The van der Waals surface area contributed by atoms with Gasteiger partial charge in [0.2, 0.25) is 0 Å². The SMILES string of the molecule is CCCC(C#N)C(C)(O)c1sccc1C. The average Bonchev–Trinajstić information content (AvgIpc) is 2.61. The maximum Gasteiger partial charge on any atom is 0.112 e. The molecule has 1 aromatic rings. The Morgan fingerprint density at radius 3 is 2.73 bits per heavy atom. The van der Waals surface area contributed by atoms with E-state index in [2.05, 4.69) is 6.07 Å². The van der Waals surface area contributed by atoms with Crippen molar-refractivity contribution in [3.63, 3.8) is 0 Å². The minimum Gasteiger partial charge on any atom is -0.383 e. The summed E-state index contributed by atoms with van der Waals surface area (Å²) in [6.07, 6.45) is 1.65. The van der Waals surface area contributed by atoms with Crippen LogP contribution in [0.2, 0.25) is 0 Å². The van der Waals surface area contributed by atoms with Crippen LogP contribution in [-0.2, 0) is 5.60 Å². The highest BCUT2D eigenvalue weighted by atomic mass is 32.1. The number of nitriles is 1. The molecule has 82 valence electrons. The molecule has 0 aliphatic heterocycles. The Bertz CT molecular complexity index is 362. The van der Waals surface area contributed by atoms with Crippen LogP contribution in [0.25, 0.3) is 0 Å². The van der Waals surface area contributed by atoms with Gasteiger partial charge >= 0.3 is 0 Å². The van der Waals surface area contributed by atoms with Crippen LogP contribution < -0.4 is 0 Å². The van der Waals surface area contributed by atoms with Crippen LogP contribution in [0.1, 0.15) is 37.1 Å². The quantitative estimate of drug-likeness (QED) is 0.851. The van der Waals surface area contributed by atoms with Crippen LogP contribution in [0.3, 0.4) is 0 Å². The normalized spacial score (nSPS) is 16.7. The molecule has 15 heavy (non-hydrogen) atoms. The van der Waals surface area contributed by atoms with E-state index in [1.165, 1.54) is 11.3 Å². The fraction of sp³-hybridized carbons (Fsp3) is 0.583. The van der Waals surface area contributed by atoms with Gasteiger partial charge in [0.25, 0.3) is 0 Å². The summed E-state index contributed by atoms with van der Waals surface area (Å²) in [5.74, 6) is -0.320. The second kappa shape index (κ2) is 4.78. The standard InChI is InChI=1S/C12H17NOS/c1-4-5-10(8-13)12(3,14)11-9(2)6-7-15-11/h6-7,10,14H,4-5H2,1-3H3. The van der Waals surface area contributed by atoms with Gasteiger partial charge in [0.15, 0.2) is 0 Å². The smallest absolute Gasteiger partial charge is 0.112 e. The van der Waals surface area contributed by atoms with Crippen LogP contribution in [0.5, 0.6) is 0 Å². The summed E-state index contributed by atoms with van der Waals surface area (Å²) in [6, 6.07) is 4.20. The molecule has 0 bridgehead atoms. The highest BCUT2D eigenvalue weighted by molar-refractivity contribution is 7.10. The Hall–Kier alpha value is -0.850. The molecule has 2 nitrogen and oxygen atoms in total. The molecule has 0 fully saturated rings. The fourth-order valence-corrected chi connectivity index (χ4v) is 2.85. The Balaban J connectivity index is 3.01. The molecule has 0 aliphatic carbocycles. The topological polar surface area (TPSA) is 44.0 Å². The van der Waals surface area contributed by atoms with Crippen LogP contribution in [0.4, 0.5) is 0 Å². The average molecular weight is 223 g/mol. The maximum atomic E-state index is 10.4. The van der Waals surface area contributed by atoms with E-state index in [4.69, 9.17) is 5.26 Å². The lowest BCUT2D eigenvalue weighted by Gasteiger charge is -2.28. The van der Waals surface area contributed by atoms with Crippen LogP contribution in [0, 0.1) is 24.2 Å². The third-order valence-electron chi connectivity index (χ3n) is 2.73. The first-order valence-corrected chi connectivity index (χ1v) is 6.08. The zero-order valence-electron chi connectivity index (χ0n) is 9.45. The highest BCUT2D eigenvalue weighted by Gasteiger charge is 2.35. The van der Waals surface area contributed by atoms with Gasteiger partial charge in [-0.05, 0) is 37.3 Å². The third kappa shape index (κ3) is 2.39. The second-order valence-electron chi connectivity index (χ2n) is 4.05. The molecular weight excluding hydrogens is 206 g/mol. The molecule has 0 radical (unpaired) electrons. The summed E-state index contributed by atoms with van der Waals surface area (Å²) in [6.45, 7) is 5.75. The molecule has 0 aromatic carbocycles. The molecule has 0 amide bonds. The van der Waals surface area contributed by atoms with Gasteiger partial charge < -0.3 is 5.11 Å². The summed E-state index contributed by atoms with van der Waals surface area (Å²) in [4.78, 5) is 0.919. The van der Waals surface area contributed by atoms with Gasteiger partial charge in [-0.2, -0.15) is 5.26 Å². The summed E-state index contributed by atoms with van der Waals surface area (Å²) < 4.78 is 0. The number of thiophene rings is 1. The van der Waals surface area contributed by atoms with Gasteiger partial charge in [-0.3, -0.25) is 0 Å². The first kappa shape index (κ1) is 12.2. The van der Waals surface area contributed by atoms with E-state index in [1.807, 2.05) is 25.3 Å². The number of rotatable bonds is 4. The van der Waals surface area contributed by atoms with Gasteiger partial charge in [-0.15, -0.1) is 11.3 Å². The van der Waals surface area contributed by atoms with Crippen LogP contribution in [-0.4, -0.2) is 5.11 Å². The van der Waals surface area contributed by atoms with E-state index in [1.54, 1.807) is 6.92 Å². The van der Waals surface area contributed by atoms with Crippen molar-refractivity contribution in [3.05, 3.63) is 21.9 Å². The van der Waals surface area contributed by atoms with E-state index >= 15 is 0 Å². The van der Waals surface area contributed by atoms with Gasteiger partial charge in [-0.1, -0.05) is 13.3 Å². The third-order valence-corrected chi connectivity index (χ3v) is 3.98. The van der Waals surface area contributed by atoms with Crippen molar-refractivity contribution in [2.75, 3.05) is 0 Å². The molecule has 1 rings (SSSR count). The minimum absolute atomic E-state index is 0.320. The molecule has 0 aliphatic rings. The fourth-order valence-electron chi connectivity index (χ4n) is 1.81. The molecule has 1 aromatic heterocycles. The molecule has 0 spiro atoms. The predicted octanol–water partition coefficient (Wildman–Crippen LogP) is 3.20. The van der Waals surface area contributed by atoms with Crippen LogP contribution >= 0.6 is 11.3 Å². The number of aryl methyl sites for hydroxylation is 1. The van der Waals surface area contributed by atoms with Crippen molar-refractivity contribution < 1.29 is 5.11 Å². The van der Waals surface area contributed by atoms with Crippen molar-refractivity contribution >= 4 is 11.3 Å². The minimum atomic E-state index is -1.01. The van der Waals surface area contributed by atoms with Gasteiger partial charge in [0.05, 0.1) is 12.0 Å². The van der Waals surface area contributed by atoms with Crippen molar-refractivity contribution in [1.29, 1.82) is 5.26 Å². The number of hydrogen-bond acceptors (Lipinski definition) is 3. The van der Waals surface area contributed by atoms with Crippen molar-refractivity contribution in [3.8, 4) is 6.07 Å². The molecule has 1 N–H and O–H groups in total. The first-order chi connectivity index (χ1) is 7.04. The molecule has 0 saturated heterocycles. The van der Waals surface area contributed by atoms with Gasteiger partial charge in [-0.25, -0.2) is 0 Å². The lowest BCUT2D eigenvalue weighted by atomic mass is 9.84. The summed E-state index contributed by atoms with van der Waals surface area (Å²) in [5.41, 5.74) is 0.0598. The molecule has 1 heterocycles. The van der Waals surface area contributed by atoms with Crippen molar-refractivity contribution in [2.45, 2.75) is 39.2 Å². The largest absolute Gasteiger partial charge is 0.383 e. The van der Waals surface area contributed by atoms with Crippen molar-refractivity contribution in [2.24, 2.45) is 5.92 Å². The molecule has 2 atom stereocenters. The zero-order chi connectivity index (χ0) is 11.5. The van der Waals surface area contributed by atoms with E-state index in [0.29, 0.717) is 0 Å². The maximum absolute atomic E-state index is 10.4. The summed E-state index contributed by atoms with van der Waals surface area (Å²) >= 11 is 1.52. The monoisotopic (exact) mass is 223 g/mol. The first-order valence-electron chi connectivity index (χ1n) is 5.20. The van der Waals surface area contributed by atoms with E-state index in [9.17, 15) is 5.11 Å². The lowest BCUT2D eigenvalue weighted by molar-refractivity contribution is 0.0161. The number of nitrogens with zero attached hydrogens (tertiary/aromatic N) is 1. The highest BCUT2D eigenvalue weighted by Crippen LogP contribution is 2.36. The Morgan fingerprint density at radius 2 is 2.33 bits per heavy atom. The number of hydrogen-bond donors (Lipinski definition) is 1. The predicted molar refractivity (Wildman–Crippen MR) is 62.6 cm³/mol. The Kier molecular flexibility index (Phi) is 3.90. The van der Waals surface area contributed by atoms with E-state index in [0.717, 1.165) is 23.3 Å². The lowest BCUT2D eigenvalue weighted by Crippen LogP contribution is -2.30. The van der Waals surface area contributed by atoms with E-state index < -0.39 is 5.60 Å². The van der Waals surface area contributed by atoms with Gasteiger partial charge in [0.1, 0.15) is 5.60 Å². The van der Waals surface area contributed by atoms with E-state index in [-0.39, 0.29) is 5.92 Å². The Morgan fingerprint density at radius 1 is 1.67 bits per heavy atom. The zero-order valence-corrected chi connectivity index (χ0v) is 10.3. The number of aliphatic hydroxyl groups is 1. The summed E-state index contributed by atoms with van der Waals surface area (Å²) in [5, 5.41) is 21.5. The summed E-state index contributed by atoms with van der Waals surface area (Å²) in [7, 11) is 0. The van der Waals surface area contributed by atoms with Gasteiger partial charge in [0, 0.05) is 4.88 Å². The second-order valence-corrected chi connectivity index (χ2v) is 4.97. The van der Waals surface area contributed by atoms with Crippen LogP contribution in [0.15, 0.2) is 11.4 Å². The van der Waals surface area contributed by atoms with Crippen molar-refractivity contribution in [1.82, 2.24) is 0 Å². The molecule has 3 heteroatoms. The molecule has 2 unspecified atom stereocenters. The molecule has 0 saturated carbocycles.